The van der Waals surface area contributed by atoms with Gasteiger partial charge in [-0.15, -0.1) is 10.2 Å². The molecule has 3 amide bonds. The summed E-state index contributed by atoms with van der Waals surface area (Å²) in [6.45, 7) is 10.0. The van der Waals surface area contributed by atoms with E-state index in [9.17, 15) is 14.4 Å². The summed E-state index contributed by atoms with van der Waals surface area (Å²) in [5.41, 5.74) is 3.30. The van der Waals surface area contributed by atoms with Crippen LogP contribution in [0.1, 0.15) is 63.7 Å². The minimum Gasteiger partial charge on any atom is -0.420 e. The zero-order valence-corrected chi connectivity index (χ0v) is 27.2. The van der Waals surface area contributed by atoms with Crippen molar-refractivity contribution in [1.82, 2.24) is 30.0 Å². The number of ether oxygens (including phenoxy) is 2. The van der Waals surface area contributed by atoms with Gasteiger partial charge in [-0.3, -0.25) is 14.4 Å². The second-order valence-corrected chi connectivity index (χ2v) is 12.8. The SMILES string of the molecule is CCN(C)C(=O)c1ccc(-c2ccc3c(n2)Oc2nc(C)ccc2[C@H]3C(C)(C)C(=O)Nc2nnc(C(=O)N3CCOCC3)s2)cc1. The first-order valence-corrected chi connectivity index (χ1v) is 15.9. The summed E-state index contributed by atoms with van der Waals surface area (Å²) in [4.78, 5) is 52.2. The molecule has 4 aromatic rings. The number of morpholine rings is 1. The minimum atomic E-state index is -1.03. The van der Waals surface area contributed by atoms with Gasteiger partial charge in [0.2, 0.25) is 27.8 Å². The number of hydrogen-bond donors (Lipinski definition) is 1. The van der Waals surface area contributed by atoms with Crippen molar-refractivity contribution in [3.63, 3.8) is 0 Å². The third kappa shape index (κ3) is 5.95. The van der Waals surface area contributed by atoms with Crippen LogP contribution in [0.3, 0.4) is 0 Å². The Hall–Kier alpha value is -4.75. The van der Waals surface area contributed by atoms with Crippen molar-refractivity contribution in [2.24, 2.45) is 5.41 Å². The van der Waals surface area contributed by atoms with E-state index in [1.54, 1.807) is 29.0 Å². The first-order chi connectivity index (χ1) is 22.1. The van der Waals surface area contributed by atoms with Crippen LogP contribution in [0.2, 0.25) is 0 Å². The molecular weight excluding hydrogens is 606 g/mol. The third-order valence-corrected chi connectivity index (χ3v) is 9.24. The van der Waals surface area contributed by atoms with Crippen molar-refractivity contribution in [3.8, 4) is 23.0 Å². The molecule has 1 atom stereocenters. The lowest BCUT2D eigenvalue weighted by atomic mass is 9.70. The molecule has 5 heterocycles. The molecule has 2 aliphatic heterocycles. The number of amides is 3. The van der Waals surface area contributed by atoms with Crippen molar-refractivity contribution >= 4 is 34.2 Å². The number of carbonyl (C=O) groups excluding carboxylic acids is 3. The van der Waals surface area contributed by atoms with Crippen LogP contribution in [-0.4, -0.2) is 87.6 Å². The maximum absolute atomic E-state index is 13.9. The van der Waals surface area contributed by atoms with Crippen LogP contribution in [0.25, 0.3) is 11.3 Å². The first kappa shape index (κ1) is 31.2. The smallest absolute Gasteiger partial charge is 0.285 e. The highest BCUT2D eigenvalue weighted by molar-refractivity contribution is 7.17. The molecule has 6 rings (SSSR count). The fourth-order valence-electron chi connectivity index (χ4n) is 5.59. The van der Waals surface area contributed by atoms with Gasteiger partial charge in [0.15, 0.2) is 0 Å². The van der Waals surface area contributed by atoms with E-state index in [-0.39, 0.29) is 27.9 Å². The lowest BCUT2D eigenvalue weighted by molar-refractivity contribution is -0.124. The number of aryl methyl sites for hydroxylation is 1. The number of carbonyl (C=O) groups is 3. The number of benzene rings is 1. The Labute approximate surface area is 270 Å². The average molecular weight is 642 g/mol. The quantitative estimate of drug-likeness (QED) is 0.302. The van der Waals surface area contributed by atoms with E-state index in [2.05, 4.69) is 20.5 Å². The predicted octanol–water partition coefficient (Wildman–Crippen LogP) is 4.77. The van der Waals surface area contributed by atoms with Gasteiger partial charge in [0.1, 0.15) is 0 Å². The zero-order chi connectivity index (χ0) is 32.6. The second-order valence-electron chi connectivity index (χ2n) is 11.9. The standard InChI is InChI=1S/C33H35N7O5S/c1-6-39(5)29(41)21-10-8-20(9-11-21)24-14-13-23-25(22-12-7-19(2)34-26(22)45-27(23)35-24)33(3,4)31(43)36-32-38-37-28(46-32)30(42)40-15-17-44-18-16-40/h7-14,25H,6,15-18H2,1-5H3,(H,36,38,43)/t25-/m1/s1. The molecule has 2 aliphatic rings. The number of hydrogen-bond acceptors (Lipinski definition) is 10. The van der Waals surface area contributed by atoms with Crippen LogP contribution in [-0.2, 0) is 9.53 Å². The Bertz CT molecular complexity index is 1800. The highest BCUT2D eigenvalue weighted by atomic mass is 32.1. The monoisotopic (exact) mass is 641 g/mol. The lowest BCUT2D eigenvalue weighted by Gasteiger charge is -2.37. The number of anilines is 1. The molecule has 0 spiro atoms. The predicted molar refractivity (Wildman–Crippen MR) is 172 cm³/mol. The molecule has 46 heavy (non-hydrogen) atoms. The molecule has 12 nitrogen and oxygen atoms in total. The molecule has 3 aromatic heterocycles. The zero-order valence-electron chi connectivity index (χ0n) is 26.4. The first-order valence-electron chi connectivity index (χ1n) is 15.1. The molecule has 0 radical (unpaired) electrons. The Morgan fingerprint density at radius 1 is 0.978 bits per heavy atom. The van der Waals surface area contributed by atoms with Crippen molar-refractivity contribution < 1.29 is 23.9 Å². The molecular formula is C33H35N7O5S. The largest absolute Gasteiger partial charge is 0.420 e. The molecule has 1 fully saturated rings. The number of pyridine rings is 2. The molecule has 1 N–H and O–H groups in total. The minimum absolute atomic E-state index is 0.0503. The van der Waals surface area contributed by atoms with Gasteiger partial charge in [-0.1, -0.05) is 49.4 Å². The van der Waals surface area contributed by atoms with Crippen molar-refractivity contribution in [3.05, 3.63) is 75.9 Å². The van der Waals surface area contributed by atoms with Crippen LogP contribution >= 0.6 is 11.3 Å². The van der Waals surface area contributed by atoms with Gasteiger partial charge in [0, 0.05) is 60.5 Å². The summed E-state index contributed by atoms with van der Waals surface area (Å²) >= 11 is 1.04. The van der Waals surface area contributed by atoms with Gasteiger partial charge in [-0.2, -0.15) is 0 Å². The number of aromatic nitrogens is 4. The maximum atomic E-state index is 13.9. The van der Waals surface area contributed by atoms with Crippen molar-refractivity contribution in [1.29, 1.82) is 0 Å². The summed E-state index contributed by atoms with van der Waals surface area (Å²) in [6.07, 6.45) is 0. The molecule has 1 aromatic carbocycles. The van der Waals surface area contributed by atoms with Crippen LogP contribution in [0, 0.1) is 12.3 Å². The van der Waals surface area contributed by atoms with Crippen molar-refractivity contribution in [2.75, 3.05) is 45.2 Å². The Morgan fingerprint density at radius 3 is 2.35 bits per heavy atom. The molecule has 13 heteroatoms. The molecule has 1 saturated heterocycles. The molecule has 0 bridgehead atoms. The average Bonchev–Trinajstić information content (AvgIpc) is 3.54. The number of rotatable bonds is 7. The topological polar surface area (TPSA) is 140 Å². The van der Waals surface area contributed by atoms with E-state index in [0.29, 0.717) is 55.9 Å². The lowest BCUT2D eigenvalue weighted by Crippen LogP contribution is -2.40. The Balaban J connectivity index is 1.28. The third-order valence-electron chi connectivity index (χ3n) is 8.42. The van der Waals surface area contributed by atoms with E-state index in [4.69, 9.17) is 14.5 Å². The summed E-state index contributed by atoms with van der Waals surface area (Å²) < 4.78 is 11.6. The fraction of sp³-hybridized carbons (Fsp3) is 0.364. The molecule has 0 aliphatic carbocycles. The van der Waals surface area contributed by atoms with Gasteiger partial charge in [0.05, 0.1) is 24.3 Å². The van der Waals surface area contributed by atoms with E-state index in [0.717, 1.165) is 33.7 Å². The molecule has 0 saturated carbocycles. The van der Waals surface area contributed by atoms with Gasteiger partial charge in [0.25, 0.3) is 11.8 Å². The van der Waals surface area contributed by atoms with Crippen LogP contribution < -0.4 is 10.1 Å². The summed E-state index contributed by atoms with van der Waals surface area (Å²) in [5.74, 6) is -0.306. The Kier molecular flexibility index (Phi) is 8.53. The van der Waals surface area contributed by atoms with Crippen LogP contribution in [0.15, 0.2) is 48.5 Å². The van der Waals surface area contributed by atoms with Gasteiger partial charge < -0.3 is 24.6 Å². The van der Waals surface area contributed by atoms with E-state index >= 15 is 0 Å². The van der Waals surface area contributed by atoms with Gasteiger partial charge in [-0.05, 0) is 38.1 Å². The summed E-state index contributed by atoms with van der Waals surface area (Å²) in [7, 11) is 1.77. The Morgan fingerprint density at radius 2 is 1.65 bits per heavy atom. The molecule has 238 valence electrons. The van der Waals surface area contributed by atoms with Crippen LogP contribution in [0.4, 0.5) is 5.13 Å². The van der Waals surface area contributed by atoms with Crippen molar-refractivity contribution in [2.45, 2.75) is 33.6 Å². The maximum Gasteiger partial charge on any atom is 0.285 e. The van der Waals surface area contributed by atoms with E-state index < -0.39 is 11.3 Å². The van der Waals surface area contributed by atoms with E-state index in [1.807, 2.05) is 64.1 Å². The van der Waals surface area contributed by atoms with Gasteiger partial charge >= 0.3 is 0 Å². The highest BCUT2D eigenvalue weighted by Crippen LogP contribution is 2.51. The number of nitrogens with one attached hydrogen (secondary N) is 1. The fourth-order valence-corrected chi connectivity index (χ4v) is 6.30. The van der Waals surface area contributed by atoms with E-state index in [1.165, 1.54) is 0 Å². The number of nitrogens with zero attached hydrogens (tertiary/aromatic N) is 6. The summed E-state index contributed by atoms with van der Waals surface area (Å²) in [6, 6.07) is 14.9. The highest BCUT2D eigenvalue weighted by Gasteiger charge is 2.45. The van der Waals surface area contributed by atoms with Gasteiger partial charge in [-0.25, -0.2) is 9.97 Å². The van der Waals surface area contributed by atoms with Crippen LogP contribution in [0.5, 0.6) is 11.8 Å². The molecule has 0 unspecified atom stereocenters. The summed E-state index contributed by atoms with van der Waals surface area (Å²) in [5, 5.41) is 11.5. The normalized spacial score (nSPS) is 15.8. The number of fused-ring (bicyclic) bond motifs is 2. The second kappa shape index (κ2) is 12.6.